The molecule has 1 saturated carbocycles. The van der Waals surface area contributed by atoms with E-state index in [1.807, 2.05) is 20.8 Å². The zero-order valence-electron chi connectivity index (χ0n) is 10.3. The summed E-state index contributed by atoms with van der Waals surface area (Å²) in [7, 11) is 0. The Kier molecular flexibility index (Phi) is 5.06. The fourth-order valence-corrected chi connectivity index (χ4v) is 1.86. The van der Waals surface area contributed by atoms with Gasteiger partial charge in [0.25, 0.3) is 0 Å². The zero-order valence-corrected chi connectivity index (χ0v) is 10.3. The average Bonchev–Trinajstić information content (AvgIpc) is 2.24. The van der Waals surface area contributed by atoms with Crippen molar-refractivity contribution < 1.29 is 9.78 Å². The largest absolute Gasteiger partial charge is 0.231 e. The van der Waals surface area contributed by atoms with Crippen molar-refractivity contribution in [3.63, 3.8) is 0 Å². The highest BCUT2D eigenvalue weighted by Crippen LogP contribution is 2.29. The van der Waals surface area contributed by atoms with E-state index in [4.69, 9.17) is 15.3 Å². The maximum atomic E-state index is 8.52. The van der Waals surface area contributed by atoms with Gasteiger partial charge in [0.1, 0.15) is 0 Å². The number of azide groups is 1. The van der Waals surface area contributed by atoms with Crippen LogP contribution in [0.5, 0.6) is 0 Å². The second kappa shape index (κ2) is 6.09. The van der Waals surface area contributed by atoms with Gasteiger partial charge in [0.05, 0.1) is 5.60 Å². The van der Waals surface area contributed by atoms with Crippen LogP contribution in [0.25, 0.3) is 10.4 Å². The summed E-state index contributed by atoms with van der Waals surface area (Å²) >= 11 is 0. The van der Waals surface area contributed by atoms with E-state index in [1.165, 1.54) is 19.3 Å². The third-order valence-electron chi connectivity index (χ3n) is 2.62. The van der Waals surface area contributed by atoms with Crippen molar-refractivity contribution in [2.24, 2.45) is 11.0 Å². The van der Waals surface area contributed by atoms with Gasteiger partial charge in [0, 0.05) is 4.91 Å². The van der Waals surface area contributed by atoms with Crippen molar-refractivity contribution in [1.29, 1.82) is 0 Å². The van der Waals surface area contributed by atoms with E-state index in [2.05, 4.69) is 10.0 Å². The highest BCUT2D eigenvalue weighted by molar-refractivity contribution is 4.72. The molecule has 1 rings (SSSR count). The van der Waals surface area contributed by atoms with Gasteiger partial charge >= 0.3 is 0 Å². The molecule has 1 unspecified atom stereocenters. The van der Waals surface area contributed by atoms with Crippen molar-refractivity contribution in [3.05, 3.63) is 10.4 Å². The van der Waals surface area contributed by atoms with E-state index in [9.17, 15) is 0 Å². The SMILES string of the molecule is CC(C)(C)OOC(N=[N+]=[N-])C1CCCCC1. The maximum Gasteiger partial charge on any atom is 0.174 e. The van der Waals surface area contributed by atoms with Gasteiger partial charge in [0.15, 0.2) is 6.23 Å². The summed E-state index contributed by atoms with van der Waals surface area (Å²) in [6.07, 6.45) is 5.25. The maximum absolute atomic E-state index is 8.52. The number of hydrogen-bond donors (Lipinski definition) is 0. The molecule has 1 atom stereocenters. The molecule has 0 N–H and O–H groups in total. The lowest BCUT2D eigenvalue weighted by atomic mass is 9.88. The topological polar surface area (TPSA) is 67.2 Å². The monoisotopic (exact) mass is 227 g/mol. The minimum atomic E-state index is -0.482. The fourth-order valence-electron chi connectivity index (χ4n) is 1.86. The fraction of sp³-hybridized carbons (Fsp3) is 1.00. The van der Waals surface area contributed by atoms with E-state index in [-0.39, 0.29) is 5.60 Å². The predicted octanol–water partition coefficient (Wildman–Crippen LogP) is 3.95. The molecule has 0 aromatic heterocycles. The highest BCUT2D eigenvalue weighted by atomic mass is 17.2. The Balaban J connectivity index is 2.49. The molecule has 0 amide bonds. The van der Waals surface area contributed by atoms with Crippen molar-refractivity contribution in [2.45, 2.75) is 64.7 Å². The van der Waals surface area contributed by atoms with Gasteiger partial charge < -0.3 is 0 Å². The zero-order chi connectivity index (χ0) is 12.0. The summed E-state index contributed by atoms with van der Waals surface area (Å²) in [6, 6.07) is 0. The Bertz CT molecular complexity index is 250. The molecule has 0 radical (unpaired) electrons. The van der Waals surface area contributed by atoms with Crippen LogP contribution in [0.15, 0.2) is 5.11 Å². The van der Waals surface area contributed by atoms with Gasteiger partial charge in [-0.3, -0.25) is 0 Å². The summed E-state index contributed by atoms with van der Waals surface area (Å²) in [4.78, 5) is 13.3. The Morgan fingerprint density at radius 2 is 1.88 bits per heavy atom. The lowest BCUT2D eigenvalue weighted by Gasteiger charge is -2.28. The van der Waals surface area contributed by atoms with E-state index in [0.29, 0.717) is 5.92 Å². The summed E-state index contributed by atoms with van der Waals surface area (Å²) in [5.41, 5.74) is 8.14. The van der Waals surface area contributed by atoms with Crippen molar-refractivity contribution in [2.75, 3.05) is 0 Å². The van der Waals surface area contributed by atoms with E-state index < -0.39 is 6.23 Å². The molecule has 92 valence electrons. The Morgan fingerprint density at radius 1 is 1.25 bits per heavy atom. The molecule has 5 nitrogen and oxygen atoms in total. The van der Waals surface area contributed by atoms with Crippen LogP contribution in [0.1, 0.15) is 52.9 Å². The Hall–Kier alpha value is -0.770. The molecular formula is C11H21N3O2. The second-order valence-electron chi connectivity index (χ2n) is 5.29. The summed E-state index contributed by atoms with van der Waals surface area (Å²) in [5, 5.41) is 3.68. The average molecular weight is 227 g/mol. The van der Waals surface area contributed by atoms with Gasteiger partial charge in [0.2, 0.25) is 0 Å². The molecule has 0 spiro atoms. The Labute approximate surface area is 96.7 Å². The first-order valence-electron chi connectivity index (χ1n) is 5.91. The predicted molar refractivity (Wildman–Crippen MR) is 61.4 cm³/mol. The molecule has 0 saturated heterocycles. The quantitative estimate of drug-likeness (QED) is 0.240. The van der Waals surface area contributed by atoms with Crippen LogP contribution < -0.4 is 0 Å². The molecule has 0 aromatic carbocycles. The van der Waals surface area contributed by atoms with Crippen LogP contribution in [0.2, 0.25) is 0 Å². The minimum Gasteiger partial charge on any atom is -0.231 e. The van der Waals surface area contributed by atoms with Gasteiger partial charge in [-0.25, -0.2) is 9.78 Å². The first-order valence-corrected chi connectivity index (χ1v) is 5.91. The minimum absolute atomic E-state index is 0.298. The van der Waals surface area contributed by atoms with Crippen LogP contribution >= 0.6 is 0 Å². The molecule has 16 heavy (non-hydrogen) atoms. The summed E-state index contributed by atoms with van der Waals surface area (Å²) < 4.78 is 0. The van der Waals surface area contributed by atoms with E-state index >= 15 is 0 Å². The third kappa shape index (κ3) is 4.84. The Morgan fingerprint density at radius 3 is 2.38 bits per heavy atom. The molecular weight excluding hydrogens is 206 g/mol. The highest BCUT2D eigenvalue weighted by Gasteiger charge is 2.26. The number of nitrogens with zero attached hydrogens (tertiary/aromatic N) is 3. The summed E-state index contributed by atoms with van der Waals surface area (Å²) in [6.45, 7) is 5.71. The van der Waals surface area contributed by atoms with Crippen LogP contribution in [0.4, 0.5) is 0 Å². The molecule has 1 aliphatic carbocycles. The first-order chi connectivity index (χ1) is 7.53. The smallest absolute Gasteiger partial charge is 0.174 e. The van der Waals surface area contributed by atoms with E-state index in [1.54, 1.807) is 0 Å². The number of hydrogen-bond acceptors (Lipinski definition) is 3. The normalized spacial score (nSPS) is 20.2. The van der Waals surface area contributed by atoms with Crippen LogP contribution in [0, 0.1) is 5.92 Å². The second-order valence-corrected chi connectivity index (χ2v) is 5.29. The molecule has 0 bridgehead atoms. The van der Waals surface area contributed by atoms with Crippen molar-refractivity contribution in [1.82, 2.24) is 0 Å². The molecule has 5 heteroatoms. The van der Waals surface area contributed by atoms with Gasteiger partial charge in [-0.05, 0) is 45.1 Å². The van der Waals surface area contributed by atoms with Crippen molar-refractivity contribution >= 4 is 0 Å². The van der Waals surface area contributed by atoms with Gasteiger partial charge in [-0.15, -0.1) is 0 Å². The van der Waals surface area contributed by atoms with Crippen LogP contribution in [-0.2, 0) is 9.78 Å². The summed E-state index contributed by atoms with van der Waals surface area (Å²) in [5.74, 6) is 0.298. The first kappa shape index (κ1) is 13.3. The lowest BCUT2D eigenvalue weighted by molar-refractivity contribution is -0.380. The number of rotatable bonds is 4. The van der Waals surface area contributed by atoms with E-state index in [0.717, 1.165) is 12.8 Å². The molecule has 0 aromatic rings. The standard InChI is InChI=1S/C11H21N3O2/c1-11(2,3)16-15-10(13-14-12)9-7-5-4-6-8-9/h9-10H,4-8H2,1-3H3. The van der Waals surface area contributed by atoms with Crippen molar-refractivity contribution in [3.8, 4) is 0 Å². The van der Waals surface area contributed by atoms with Gasteiger partial charge in [-0.1, -0.05) is 24.4 Å². The third-order valence-corrected chi connectivity index (χ3v) is 2.62. The van der Waals surface area contributed by atoms with Crippen LogP contribution in [-0.4, -0.2) is 11.8 Å². The van der Waals surface area contributed by atoms with Gasteiger partial charge in [-0.2, -0.15) is 0 Å². The molecule has 1 aliphatic rings. The molecule has 0 heterocycles. The molecule has 0 aliphatic heterocycles. The molecule has 1 fully saturated rings. The lowest BCUT2D eigenvalue weighted by Crippen LogP contribution is -2.29. The van der Waals surface area contributed by atoms with Crippen LogP contribution in [0.3, 0.4) is 0 Å².